The second-order valence-electron chi connectivity index (χ2n) is 14.0. The Morgan fingerprint density at radius 3 is 1.62 bits per heavy atom. The Balaban J connectivity index is 1.00. The summed E-state index contributed by atoms with van der Waals surface area (Å²) >= 11 is 0. The van der Waals surface area contributed by atoms with E-state index in [1.165, 1.54) is 38.4 Å². The molecule has 4 nitrogen and oxygen atoms in total. The van der Waals surface area contributed by atoms with E-state index in [2.05, 4.69) is 152 Å². The van der Waals surface area contributed by atoms with E-state index in [1.807, 2.05) is 36.4 Å². The fraction of sp³-hybridized carbons (Fsp3) is 0. The summed E-state index contributed by atoms with van der Waals surface area (Å²) in [6.07, 6.45) is 0. The van der Waals surface area contributed by atoms with E-state index in [0.717, 1.165) is 55.5 Å². The average molecular weight is 702 g/mol. The molecule has 0 fully saturated rings. The highest BCUT2D eigenvalue weighted by Crippen LogP contribution is 2.49. The van der Waals surface area contributed by atoms with Crippen molar-refractivity contribution in [2.45, 2.75) is 0 Å². The van der Waals surface area contributed by atoms with Crippen molar-refractivity contribution in [2.24, 2.45) is 0 Å². The largest absolute Gasteiger partial charge is 0.456 e. The Hall–Kier alpha value is -7.43. The second-order valence-corrected chi connectivity index (χ2v) is 14.0. The minimum Gasteiger partial charge on any atom is -0.456 e. The Kier molecular flexibility index (Phi) is 7.14. The summed E-state index contributed by atoms with van der Waals surface area (Å²) in [5.41, 5.74) is 9.66. The molecule has 2 heterocycles. The molecule has 1 aliphatic rings. The van der Waals surface area contributed by atoms with Gasteiger partial charge in [0.1, 0.15) is 11.5 Å². The lowest BCUT2D eigenvalue weighted by atomic mass is 9.89. The lowest BCUT2D eigenvalue weighted by molar-refractivity contribution is 0.487. The Labute approximate surface area is 318 Å². The molecule has 11 rings (SSSR count). The van der Waals surface area contributed by atoms with E-state index in [4.69, 9.17) is 19.7 Å². The fourth-order valence-corrected chi connectivity index (χ4v) is 7.92. The summed E-state index contributed by atoms with van der Waals surface area (Å²) in [4.78, 5) is 15.1. The van der Waals surface area contributed by atoms with Gasteiger partial charge in [0.2, 0.25) is 0 Å². The van der Waals surface area contributed by atoms with E-state index < -0.39 is 0 Å². The van der Waals surface area contributed by atoms with Gasteiger partial charge in [-0.3, -0.25) is 0 Å². The Morgan fingerprint density at radius 2 is 0.836 bits per heavy atom. The standard InChI is InChI=1S/C51H31N3O/c1-3-10-32(11-4-1)36-19-20-38-30-40(23-21-37(38)28-36)50-52-49(34-13-5-2-6-14-34)53-51(54-50)41-24-25-43-45-17-9-16-44-42(26-27-46(48(44)45)55-47(43)31-41)39-22-18-33-12-7-8-15-35(33)29-39/h1-31H. The third-order valence-electron chi connectivity index (χ3n) is 10.7. The first-order valence-electron chi connectivity index (χ1n) is 18.5. The maximum atomic E-state index is 6.72. The first kappa shape index (κ1) is 31.1. The second kappa shape index (κ2) is 12.6. The van der Waals surface area contributed by atoms with Gasteiger partial charge in [0.25, 0.3) is 0 Å². The molecule has 0 aliphatic carbocycles. The van der Waals surface area contributed by atoms with Crippen LogP contribution >= 0.6 is 0 Å². The summed E-state index contributed by atoms with van der Waals surface area (Å²) in [5, 5.41) is 7.03. The van der Waals surface area contributed by atoms with Crippen LogP contribution in [-0.2, 0) is 0 Å². The van der Waals surface area contributed by atoms with Crippen LogP contribution in [0.4, 0.5) is 0 Å². The first-order chi connectivity index (χ1) is 27.2. The molecule has 256 valence electrons. The minimum atomic E-state index is 0.588. The molecule has 1 aromatic heterocycles. The summed E-state index contributed by atoms with van der Waals surface area (Å²) < 4.78 is 6.72. The molecule has 4 heteroatoms. The summed E-state index contributed by atoms with van der Waals surface area (Å²) in [6.45, 7) is 0. The van der Waals surface area contributed by atoms with E-state index >= 15 is 0 Å². The van der Waals surface area contributed by atoms with Crippen LogP contribution < -0.4 is 4.74 Å². The van der Waals surface area contributed by atoms with Crippen LogP contribution in [0.3, 0.4) is 0 Å². The zero-order valence-electron chi connectivity index (χ0n) is 29.6. The highest BCUT2D eigenvalue weighted by Gasteiger charge is 2.23. The van der Waals surface area contributed by atoms with E-state index in [-0.39, 0.29) is 0 Å². The first-order valence-corrected chi connectivity index (χ1v) is 18.5. The van der Waals surface area contributed by atoms with Gasteiger partial charge in [0.15, 0.2) is 17.5 Å². The van der Waals surface area contributed by atoms with Crippen molar-refractivity contribution in [3.05, 3.63) is 188 Å². The molecule has 0 bridgehead atoms. The zero-order chi connectivity index (χ0) is 36.3. The molecule has 10 aromatic rings. The summed E-state index contributed by atoms with van der Waals surface area (Å²) in [5.74, 6) is 3.44. The average Bonchev–Trinajstić information content (AvgIpc) is 3.26. The van der Waals surface area contributed by atoms with Gasteiger partial charge in [-0.05, 0) is 91.1 Å². The van der Waals surface area contributed by atoms with Gasteiger partial charge in [-0.1, -0.05) is 152 Å². The van der Waals surface area contributed by atoms with Crippen LogP contribution in [-0.4, -0.2) is 15.0 Å². The number of aromatic nitrogens is 3. The number of benzene rings is 9. The molecule has 0 saturated carbocycles. The quantitative estimate of drug-likeness (QED) is 0.179. The van der Waals surface area contributed by atoms with E-state index in [0.29, 0.717) is 17.5 Å². The topological polar surface area (TPSA) is 47.9 Å². The monoisotopic (exact) mass is 701 g/mol. The van der Waals surface area contributed by atoms with E-state index in [1.54, 1.807) is 0 Å². The van der Waals surface area contributed by atoms with Gasteiger partial charge in [0.05, 0.1) is 0 Å². The number of nitrogens with zero attached hydrogens (tertiary/aromatic N) is 3. The van der Waals surface area contributed by atoms with Crippen LogP contribution in [0.5, 0.6) is 11.5 Å². The van der Waals surface area contributed by atoms with Gasteiger partial charge >= 0.3 is 0 Å². The van der Waals surface area contributed by atoms with Gasteiger partial charge in [-0.2, -0.15) is 0 Å². The molecule has 0 saturated heterocycles. The van der Waals surface area contributed by atoms with Crippen LogP contribution in [0.25, 0.3) is 99.9 Å². The maximum absolute atomic E-state index is 6.72. The number of fused-ring (bicyclic) bond motifs is 4. The van der Waals surface area contributed by atoms with E-state index in [9.17, 15) is 0 Å². The molecule has 0 spiro atoms. The number of ether oxygens (including phenoxy) is 1. The molecule has 1 aliphatic heterocycles. The van der Waals surface area contributed by atoms with Crippen LogP contribution in [0.2, 0.25) is 0 Å². The molecule has 0 amide bonds. The molecule has 9 aromatic carbocycles. The molecule has 0 unspecified atom stereocenters. The molecule has 0 radical (unpaired) electrons. The normalized spacial score (nSPS) is 11.8. The van der Waals surface area contributed by atoms with Crippen LogP contribution in [0.15, 0.2) is 188 Å². The van der Waals surface area contributed by atoms with Crippen LogP contribution in [0, 0.1) is 0 Å². The zero-order valence-corrected chi connectivity index (χ0v) is 29.6. The number of hydrogen-bond acceptors (Lipinski definition) is 4. The number of rotatable bonds is 5. The third kappa shape index (κ3) is 5.43. The number of hydrogen-bond donors (Lipinski definition) is 0. The van der Waals surface area contributed by atoms with Gasteiger partial charge in [-0.25, -0.2) is 15.0 Å². The highest BCUT2D eigenvalue weighted by atomic mass is 16.5. The van der Waals surface area contributed by atoms with Crippen molar-refractivity contribution in [1.29, 1.82) is 0 Å². The lowest BCUT2D eigenvalue weighted by Gasteiger charge is -2.23. The molecule has 0 N–H and O–H groups in total. The lowest BCUT2D eigenvalue weighted by Crippen LogP contribution is -2.02. The Bertz CT molecular complexity index is 3120. The summed E-state index contributed by atoms with van der Waals surface area (Å²) in [7, 11) is 0. The van der Waals surface area contributed by atoms with Crippen molar-refractivity contribution >= 4 is 32.3 Å². The van der Waals surface area contributed by atoms with Crippen molar-refractivity contribution in [3.8, 4) is 79.0 Å². The summed E-state index contributed by atoms with van der Waals surface area (Å²) in [6, 6.07) is 65.8. The molecular formula is C51H31N3O. The third-order valence-corrected chi connectivity index (χ3v) is 10.7. The Morgan fingerprint density at radius 1 is 0.291 bits per heavy atom. The van der Waals surface area contributed by atoms with Crippen molar-refractivity contribution in [3.63, 3.8) is 0 Å². The van der Waals surface area contributed by atoms with Crippen molar-refractivity contribution in [1.82, 2.24) is 15.0 Å². The molecule has 0 atom stereocenters. The SMILES string of the molecule is c1ccc(-c2ccc3cc(-c4nc(-c5ccccc5)nc(-c5ccc6c(c5)Oc5ccc(-c7ccc8ccccc8c7)c7cccc-6c57)n4)ccc3c2)cc1. The highest BCUT2D eigenvalue weighted by molar-refractivity contribution is 6.10. The van der Waals surface area contributed by atoms with Crippen molar-refractivity contribution in [2.75, 3.05) is 0 Å². The van der Waals surface area contributed by atoms with Gasteiger partial charge in [-0.15, -0.1) is 0 Å². The van der Waals surface area contributed by atoms with Gasteiger partial charge < -0.3 is 4.74 Å². The minimum absolute atomic E-state index is 0.588. The predicted octanol–water partition coefficient (Wildman–Crippen LogP) is 13.4. The molecular weight excluding hydrogens is 671 g/mol. The fourth-order valence-electron chi connectivity index (χ4n) is 7.92. The maximum Gasteiger partial charge on any atom is 0.164 e. The smallest absolute Gasteiger partial charge is 0.164 e. The van der Waals surface area contributed by atoms with Gasteiger partial charge in [0, 0.05) is 27.6 Å². The van der Waals surface area contributed by atoms with Crippen molar-refractivity contribution < 1.29 is 4.74 Å². The molecule has 55 heavy (non-hydrogen) atoms. The van der Waals surface area contributed by atoms with Crippen LogP contribution in [0.1, 0.15) is 0 Å². The predicted molar refractivity (Wildman–Crippen MR) is 225 cm³/mol.